The highest BCUT2D eigenvalue weighted by Gasteiger charge is 1.85. The summed E-state index contributed by atoms with van der Waals surface area (Å²) in [6.45, 7) is 2.23. The van der Waals surface area contributed by atoms with Crippen molar-refractivity contribution in [3.05, 3.63) is 24.5 Å². The van der Waals surface area contributed by atoms with Gasteiger partial charge in [0.2, 0.25) is 0 Å². The Hall–Kier alpha value is -0.720. The zero-order valence-corrected chi connectivity index (χ0v) is 8.00. The highest BCUT2D eigenvalue weighted by Crippen LogP contribution is 2.05. The second kappa shape index (κ2) is 10.3. The standard InChI is InChI=1S/C11H20O/c1-2-3-4-5-6-7-8-9-10-11-12/h8-12H,2-7H2,1H3/b9-8-,11-10+. The van der Waals surface area contributed by atoms with E-state index in [-0.39, 0.29) is 0 Å². The molecular weight excluding hydrogens is 148 g/mol. The third kappa shape index (κ3) is 9.28. The molecule has 0 aliphatic heterocycles. The van der Waals surface area contributed by atoms with Crippen molar-refractivity contribution in [1.29, 1.82) is 0 Å². The first-order valence-electron chi connectivity index (χ1n) is 4.87. The summed E-state index contributed by atoms with van der Waals surface area (Å²) < 4.78 is 0. The van der Waals surface area contributed by atoms with Crippen molar-refractivity contribution in [2.24, 2.45) is 0 Å². The molecule has 0 heterocycles. The quantitative estimate of drug-likeness (QED) is 0.346. The molecule has 0 saturated heterocycles. The lowest BCUT2D eigenvalue weighted by Crippen LogP contribution is -1.75. The third-order valence-electron chi connectivity index (χ3n) is 1.81. The SMILES string of the molecule is CCCCCCC/C=C\C=C\O. The van der Waals surface area contributed by atoms with Gasteiger partial charge in [-0.05, 0) is 18.9 Å². The van der Waals surface area contributed by atoms with Crippen LogP contribution in [-0.2, 0) is 0 Å². The van der Waals surface area contributed by atoms with E-state index in [1.54, 1.807) is 6.08 Å². The summed E-state index contributed by atoms with van der Waals surface area (Å²) in [5, 5.41) is 8.31. The molecule has 0 atom stereocenters. The summed E-state index contributed by atoms with van der Waals surface area (Å²) in [6, 6.07) is 0. The average Bonchev–Trinajstić information content (AvgIpc) is 2.10. The van der Waals surface area contributed by atoms with E-state index < -0.39 is 0 Å². The molecule has 0 spiro atoms. The molecule has 70 valence electrons. The zero-order valence-electron chi connectivity index (χ0n) is 8.00. The molecule has 0 fully saturated rings. The highest BCUT2D eigenvalue weighted by atomic mass is 16.2. The lowest BCUT2D eigenvalue weighted by molar-refractivity contribution is 0.473. The molecule has 0 saturated carbocycles. The van der Waals surface area contributed by atoms with E-state index in [1.165, 1.54) is 32.1 Å². The molecule has 0 radical (unpaired) electrons. The van der Waals surface area contributed by atoms with Crippen LogP contribution in [0.3, 0.4) is 0 Å². The van der Waals surface area contributed by atoms with E-state index in [9.17, 15) is 0 Å². The number of rotatable bonds is 7. The van der Waals surface area contributed by atoms with Crippen LogP contribution in [0.2, 0.25) is 0 Å². The van der Waals surface area contributed by atoms with Gasteiger partial charge in [0, 0.05) is 0 Å². The summed E-state index contributed by atoms with van der Waals surface area (Å²) in [5.41, 5.74) is 0. The van der Waals surface area contributed by atoms with Gasteiger partial charge in [-0.15, -0.1) is 0 Å². The van der Waals surface area contributed by atoms with Gasteiger partial charge in [0.1, 0.15) is 0 Å². The molecule has 0 aromatic heterocycles. The van der Waals surface area contributed by atoms with Crippen LogP contribution in [0.4, 0.5) is 0 Å². The van der Waals surface area contributed by atoms with E-state index in [2.05, 4.69) is 13.0 Å². The molecule has 1 nitrogen and oxygen atoms in total. The summed E-state index contributed by atoms with van der Waals surface area (Å²) >= 11 is 0. The first-order chi connectivity index (χ1) is 5.91. The van der Waals surface area contributed by atoms with Crippen molar-refractivity contribution < 1.29 is 5.11 Å². The normalized spacial score (nSPS) is 11.8. The van der Waals surface area contributed by atoms with Crippen LogP contribution in [0.5, 0.6) is 0 Å². The molecule has 0 bridgehead atoms. The summed E-state index contributed by atoms with van der Waals surface area (Å²) in [6.07, 6.45) is 14.5. The van der Waals surface area contributed by atoms with Crippen molar-refractivity contribution in [3.63, 3.8) is 0 Å². The number of aliphatic hydroxyl groups is 1. The Kier molecular flexibility index (Phi) is 9.66. The Balaban J connectivity index is 3.00. The van der Waals surface area contributed by atoms with E-state index in [4.69, 9.17) is 5.11 Å². The van der Waals surface area contributed by atoms with Crippen LogP contribution in [0, 0.1) is 0 Å². The van der Waals surface area contributed by atoms with E-state index in [1.807, 2.05) is 6.08 Å². The highest BCUT2D eigenvalue weighted by molar-refractivity contribution is 4.98. The molecule has 1 N–H and O–H groups in total. The smallest absolute Gasteiger partial charge is 0.0791 e. The molecule has 12 heavy (non-hydrogen) atoms. The van der Waals surface area contributed by atoms with Crippen LogP contribution < -0.4 is 0 Å². The van der Waals surface area contributed by atoms with Gasteiger partial charge in [-0.2, -0.15) is 0 Å². The van der Waals surface area contributed by atoms with Gasteiger partial charge < -0.3 is 5.11 Å². The minimum atomic E-state index is 1.06. The average molecular weight is 168 g/mol. The minimum absolute atomic E-state index is 1.06. The third-order valence-corrected chi connectivity index (χ3v) is 1.81. The second-order valence-electron chi connectivity index (χ2n) is 2.97. The molecule has 0 unspecified atom stereocenters. The van der Waals surface area contributed by atoms with Crippen molar-refractivity contribution >= 4 is 0 Å². The molecule has 0 aromatic carbocycles. The summed E-state index contributed by atoms with van der Waals surface area (Å²) in [5.74, 6) is 0. The molecular formula is C11H20O. The first kappa shape index (κ1) is 11.3. The van der Waals surface area contributed by atoms with Crippen LogP contribution in [-0.4, -0.2) is 5.11 Å². The van der Waals surface area contributed by atoms with Crippen LogP contribution in [0.1, 0.15) is 45.4 Å². The molecule has 1 heteroatoms. The molecule has 0 aliphatic rings. The van der Waals surface area contributed by atoms with Gasteiger partial charge in [-0.1, -0.05) is 44.8 Å². The minimum Gasteiger partial charge on any atom is -0.516 e. The zero-order chi connectivity index (χ0) is 9.07. The lowest BCUT2D eigenvalue weighted by Gasteiger charge is -1.95. The van der Waals surface area contributed by atoms with Gasteiger partial charge in [0.25, 0.3) is 0 Å². The Morgan fingerprint density at radius 2 is 1.75 bits per heavy atom. The largest absolute Gasteiger partial charge is 0.516 e. The van der Waals surface area contributed by atoms with E-state index in [0.29, 0.717) is 0 Å². The molecule has 0 rings (SSSR count). The van der Waals surface area contributed by atoms with Gasteiger partial charge >= 0.3 is 0 Å². The monoisotopic (exact) mass is 168 g/mol. The fraction of sp³-hybridized carbons (Fsp3) is 0.636. The number of aliphatic hydroxyl groups excluding tert-OH is 1. The second-order valence-corrected chi connectivity index (χ2v) is 2.97. The van der Waals surface area contributed by atoms with Gasteiger partial charge in [-0.3, -0.25) is 0 Å². The number of hydrogen-bond acceptors (Lipinski definition) is 1. The summed E-state index contributed by atoms with van der Waals surface area (Å²) in [7, 11) is 0. The molecule has 0 amide bonds. The number of allylic oxidation sites excluding steroid dienone is 3. The fourth-order valence-corrected chi connectivity index (χ4v) is 1.09. The summed E-state index contributed by atoms with van der Waals surface area (Å²) in [4.78, 5) is 0. The van der Waals surface area contributed by atoms with Crippen LogP contribution in [0.25, 0.3) is 0 Å². The lowest BCUT2D eigenvalue weighted by atomic mass is 10.1. The van der Waals surface area contributed by atoms with Crippen molar-refractivity contribution in [2.75, 3.05) is 0 Å². The maximum atomic E-state index is 8.31. The van der Waals surface area contributed by atoms with E-state index >= 15 is 0 Å². The topological polar surface area (TPSA) is 20.2 Å². The van der Waals surface area contributed by atoms with Gasteiger partial charge in [-0.25, -0.2) is 0 Å². The number of unbranched alkanes of at least 4 members (excludes halogenated alkanes) is 5. The molecule has 0 aromatic rings. The van der Waals surface area contributed by atoms with Crippen molar-refractivity contribution in [3.8, 4) is 0 Å². The van der Waals surface area contributed by atoms with Gasteiger partial charge in [0.05, 0.1) is 6.26 Å². The fourth-order valence-electron chi connectivity index (χ4n) is 1.09. The predicted molar refractivity (Wildman–Crippen MR) is 54.3 cm³/mol. The Morgan fingerprint density at radius 1 is 1.00 bits per heavy atom. The Labute approximate surface area is 75.8 Å². The first-order valence-corrected chi connectivity index (χ1v) is 4.87. The maximum Gasteiger partial charge on any atom is 0.0791 e. The van der Waals surface area contributed by atoms with Crippen LogP contribution >= 0.6 is 0 Å². The molecule has 0 aliphatic carbocycles. The van der Waals surface area contributed by atoms with E-state index in [0.717, 1.165) is 12.7 Å². The Bertz CT molecular complexity index is 125. The maximum absolute atomic E-state index is 8.31. The van der Waals surface area contributed by atoms with Crippen LogP contribution in [0.15, 0.2) is 24.5 Å². The Morgan fingerprint density at radius 3 is 2.42 bits per heavy atom. The predicted octanol–water partition coefficient (Wildman–Crippen LogP) is 3.97. The number of hydrogen-bond donors (Lipinski definition) is 1. The van der Waals surface area contributed by atoms with Gasteiger partial charge in [0.15, 0.2) is 0 Å². The van der Waals surface area contributed by atoms with Crippen molar-refractivity contribution in [2.45, 2.75) is 45.4 Å². The van der Waals surface area contributed by atoms with Crippen molar-refractivity contribution in [1.82, 2.24) is 0 Å².